The topological polar surface area (TPSA) is 8.17 Å². The first-order valence-electron chi connectivity index (χ1n) is 20.5. The van der Waals surface area contributed by atoms with Gasteiger partial charge in [0, 0.05) is 38.9 Å². The van der Waals surface area contributed by atoms with Crippen LogP contribution in [0.2, 0.25) is 0 Å². The van der Waals surface area contributed by atoms with Gasteiger partial charge in [0.2, 0.25) is 0 Å². The molecule has 0 spiro atoms. The fourth-order valence-corrected chi connectivity index (χ4v) is 9.49. The minimum absolute atomic E-state index is 0.227. The summed E-state index contributed by atoms with van der Waals surface area (Å²) >= 11 is 0. The zero-order chi connectivity index (χ0) is 39.5. The van der Waals surface area contributed by atoms with Crippen molar-refractivity contribution in [2.75, 3.05) is 4.90 Å². The second kappa shape index (κ2) is 13.9. The van der Waals surface area contributed by atoms with Crippen LogP contribution in [0.1, 0.15) is 25.0 Å². The second-order valence-electron chi connectivity index (χ2n) is 16.2. The Morgan fingerprint density at radius 2 is 0.898 bits per heavy atom. The highest BCUT2D eigenvalue weighted by atomic mass is 15.1. The van der Waals surface area contributed by atoms with Gasteiger partial charge in [0.1, 0.15) is 0 Å². The number of fused-ring (bicyclic) bond motifs is 6. The van der Waals surface area contributed by atoms with Crippen LogP contribution in [-0.4, -0.2) is 4.57 Å². The first-order valence-corrected chi connectivity index (χ1v) is 20.5. The van der Waals surface area contributed by atoms with E-state index in [1.54, 1.807) is 0 Å². The molecule has 0 aliphatic heterocycles. The summed E-state index contributed by atoms with van der Waals surface area (Å²) in [5, 5.41) is 2.53. The highest BCUT2D eigenvalue weighted by Crippen LogP contribution is 2.52. The standard InChI is InChI=1S/C57H42N2/c1-57(2)53-37-45(58(43-22-10-5-11-23-43)44-24-16-21-42(35-44)48-26-13-12-25-47(48)40-19-8-4-9-20-40)30-32-49(53)50-33-31-46(38-54(50)57)59-55-28-15-14-27-51(55)52-36-41(29-34-56(52)59)39-17-6-3-7-18-39/h3-38H,1-2H3. The summed E-state index contributed by atoms with van der Waals surface area (Å²) in [5.74, 6) is 0. The summed E-state index contributed by atoms with van der Waals surface area (Å²) in [6.45, 7) is 4.77. The number of benzene rings is 9. The number of nitrogens with zero attached hydrogens (tertiary/aromatic N) is 2. The predicted molar refractivity (Wildman–Crippen MR) is 249 cm³/mol. The molecule has 1 aliphatic carbocycles. The van der Waals surface area contributed by atoms with Crippen molar-refractivity contribution in [3.05, 3.63) is 230 Å². The Balaban J connectivity index is 1.01. The van der Waals surface area contributed by atoms with Gasteiger partial charge in [-0.1, -0.05) is 166 Å². The second-order valence-corrected chi connectivity index (χ2v) is 16.2. The minimum Gasteiger partial charge on any atom is -0.310 e. The van der Waals surface area contributed by atoms with Gasteiger partial charge >= 0.3 is 0 Å². The number of anilines is 3. The Morgan fingerprint density at radius 3 is 1.66 bits per heavy atom. The van der Waals surface area contributed by atoms with Crippen LogP contribution in [0.5, 0.6) is 0 Å². The molecule has 0 N–H and O–H groups in total. The van der Waals surface area contributed by atoms with Crippen LogP contribution >= 0.6 is 0 Å². The molecular formula is C57H42N2. The van der Waals surface area contributed by atoms with Gasteiger partial charge in [0.25, 0.3) is 0 Å². The molecule has 0 saturated carbocycles. The van der Waals surface area contributed by atoms with Crippen molar-refractivity contribution in [3.63, 3.8) is 0 Å². The molecule has 1 aromatic heterocycles. The third-order valence-corrected chi connectivity index (χ3v) is 12.4. The Bertz CT molecular complexity index is 3170. The molecule has 0 amide bonds. The summed E-state index contributed by atoms with van der Waals surface area (Å²) in [6.07, 6.45) is 0. The van der Waals surface area contributed by atoms with Crippen LogP contribution in [0.25, 0.3) is 72.0 Å². The van der Waals surface area contributed by atoms with Crippen molar-refractivity contribution in [3.8, 4) is 50.2 Å². The van der Waals surface area contributed by atoms with Crippen molar-refractivity contribution in [1.82, 2.24) is 4.57 Å². The fourth-order valence-electron chi connectivity index (χ4n) is 9.49. The lowest BCUT2D eigenvalue weighted by molar-refractivity contribution is 0.660. The zero-order valence-corrected chi connectivity index (χ0v) is 33.2. The molecule has 0 bridgehead atoms. The first-order chi connectivity index (χ1) is 29.0. The monoisotopic (exact) mass is 754 g/mol. The molecule has 59 heavy (non-hydrogen) atoms. The Labute approximate surface area is 345 Å². The van der Waals surface area contributed by atoms with E-state index in [0.29, 0.717) is 0 Å². The van der Waals surface area contributed by atoms with Gasteiger partial charge in [-0.05, 0) is 122 Å². The third-order valence-electron chi connectivity index (χ3n) is 12.4. The van der Waals surface area contributed by atoms with Gasteiger partial charge in [-0.25, -0.2) is 0 Å². The van der Waals surface area contributed by atoms with E-state index < -0.39 is 0 Å². The van der Waals surface area contributed by atoms with Crippen molar-refractivity contribution in [1.29, 1.82) is 0 Å². The van der Waals surface area contributed by atoms with Gasteiger partial charge in [-0.2, -0.15) is 0 Å². The van der Waals surface area contributed by atoms with Crippen LogP contribution in [0.3, 0.4) is 0 Å². The lowest BCUT2D eigenvalue weighted by atomic mass is 9.82. The van der Waals surface area contributed by atoms with Crippen LogP contribution in [0, 0.1) is 0 Å². The summed E-state index contributed by atoms with van der Waals surface area (Å²) in [4.78, 5) is 2.40. The van der Waals surface area contributed by atoms with Gasteiger partial charge in [0.15, 0.2) is 0 Å². The lowest BCUT2D eigenvalue weighted by Crippen LogP contribution is -2.17. The molecule has 1 aliphatic rings. The van der Waals surface area contributed by atoms with E-state index in [4.69, 9.17) is 0 Å². The molecule has 0 saturated heterocycles. The largest absolute Gasteiger partial charge is 0.310 e. The van der Waals surface area contributed by atoms with Crippen LogP contribution in [0.4, 0.5) is 17.1 Å². The Hall–Kier alpha value is -7.42. The predicted octanol–water partition coefficient (Wildman–Crippen LogP) is 15.6. The highest BCUT2D eigenvalue weighted by Gasteiger charge is 2.36. The lowest BCUT2D eigenvalue weighted by Gasteiger charge is -2.28. The van der Waals surface area contributed by atoms with Crippen LogP contribution in [-0.2, 0) is 5.41 Å². The summed E-state index contributed by atoms with van der Waals surface area (Å²) in [5.41, 5.74) is 19.4. The molecular weight excluding hydrogens is 713 g/mol. The van der Waals surface area contributed by atoms with E-state index >= 15 is 0 Å². The molecule has 280 valence electrons. The van der Waals surface area contributed by atoms with Crippen LogP contribution in [0.15, 0.2) is 218 Å². The first kappa shape index (κ1) is 34.8. The molecule has 0 atom stereocenters. The molecule has 11 rings (SSSR count). The smallest absolute Gasteiger partial charge is 0.0541 e. The molecule has 0 unspecified atom stereocenters. The molecule has 2 heteroatoms. The maximum Gasteiger partial charge on any atom is 0.0541 e. The summed E-state index contributed by atoms with van der Waals surface area (Å²) in [6, 6.07) is 79.7. The maximum atomic E-state index is 2.45. The SMILES string of the molecule is CC1(C)c2cc(N(c3ccccc3)c3cccc(-c4ccccc4-c4ccccc4)c3)ccc2-c2ccc(-n3c4ccccc4c4cc(-c5ccccc5)ccc43)cc21. The quantitative estimate of drug-likeness (QED) is 0.157. The van der Waals surface area contributed by atoms with Gasteiger partial charge in [0.05, 0.1) is 11.0 Å². The zero-order valence-electron chi connectivity index (χ0n) is 33.2. The van der Waals surface area contributed by atoms with E-state index in [-0.39, 0.29) is 5.41 Å². The van der Waals surface area contributed by atoms with Crippen LogP contribution < -0.4 is 4.90 Å². The fraction of sp³-hybridized carbons (Fsp3) is 0.0526. The van der Waals surface area contributed by atoms with Crippen molar-refractivity contribution in [2.45, 2.75) is 19.3 Å². The molecule has 9 aromatic carbocycles. The number of rotatable bonds is 7. The van der Waals surface area contributed by atoms with Gasteiger partial charge in [-0.3, -0.25) is 0 Å². The average Bonchev–Trinajstić information content (AvgIpc) is 3.74. The van der Waals surface area contributed by atoms with Gasteiger partial charge in [-0.15, -0.1) is 0 Å². The van der Waals surface area contributed by atoms with E-state index in [2.05, 4.69) is 242 Å². The third kappa shape index (κ3) is 5.79. The maximum absolute atomic E-state index is 2.45. The molecule has 2 nitrogen and oxygen atoms in total. The molecule has 10 aromatic rings. The van der Waals surface area contributed by atoms with Gasteiger partial charge < -0.3 is 9.47 Å². The number of aromatic nitrogens is 1. The number of hydrogen-bond acceptors (Lipinski definition) is 1. The Morgan fingerprint density at radius 1 is 0.339 bits per heavy atom. The molecule has 0 radical (unpaired) electrons. The Kier molecular flexibility index (Phi) is 8.20. The average molecular weight is 755 g/mol. The molecule has 1 heterocycles. The van der Waals surface area contributed by atoms with E-state index in [9.17, 15) is 0 Å². The minimum atomic E-state index is -0.227. The number of para-hydroxylation sites is 2. The van der Waals surface area contributed by atoms with Crippen molar-refractivity contribution in [2.24, 2.45) is 0 Å². The number of hydrogen-bond donors (Lipinski definition) is 0. The van der Waals surface area contributed by atoms with E-state index in [1.165, 1.54) is 83.1 Å². The van der Waals surface area contributed by atoms with E-state index in [1.807, 2.05) is 0 Å². The summed E-state index contributed by atoms with van der Waals surface area (Å²) < 4.78 is 2.45. The van der Waals surface area contributed by atoms with E-state index in [0.717, 1.165) is 17.1 Å². The normalized spacial score (nSPS) is 12.7. The van der Waals surface area contributed by atoms with Crippen molar-refractivity contribution >= 4 is 38.9 Å². The molecule has 0 fully saturated rings. The summed E-state index contributed by atoms with van der Waals surface area (Å²) in [7, 11) is 0. The van der Waals surface area contributed by atoms with Crippen molar-refractivity contribution < 1.29 is 0 Å². The highest BCUT2D eigenvalue weighted by molar-refractivity contribution is 6.10.